The quantitative estimate of drug-likeness (QED) is 0.728. The molecule has 0 amide bonds. The van der Waals surface area contributed by atoms with Gasteiger partial charge in [0.05, 0.1) is 12.1 Å². The number of nitrogens with zero attached hydrogens (tertiary/aromatic N) is 4. The molecule has 6 heteroatoms. The fraction of sp³-hybridized carbons (Fsp3) is 0.389. The van der Waals surface area contributed by atoms with Gasteiger partial charge in [-0.2, -0.15) is 0 Å². The van der Waals surface area contributed by atoms with Crippen molar-refractivity contribution in [1.82, 2.24) is 20.1 Å². The molecule has 0 aliphatic rings. The van der Waals surface area contributed by atoms with Crippen LogP contribution in [-0.4, -0.2) is 25.6 Å². The summed E-state index contributed by atoms with van der Waals surface area (Å²) in [6.45, 7) is 9.27. The standard InChI is InChI=1S/C18H21FN4O/c1-12-21-22-16(24-12)11-23(18(2,3)4)10-13-7-8-15(19)14-6-5-9-20-17(13)14/h5-9H,10-11H2,1-4H3. The van der Waals surface area contributed by atoms with E-state index in [0.29, 0.717) is 35.8 Å². The minimum atomic E-state index is -0.253. The Kier molecular flexibility index (Phi) is 4.32. The second kappa shape index (κ2) is 6.28. The second-order valence-corrected chi connectivity index (χ2v) is 6.85. The topological polar surface area (TPSA) is 55.1 Å². The number of benzene rings is 1. The second-order valence-electron chi connectivity index (χ2n) is 6.85. The van der Waals surface area contributed by atoms with Gasteiger partial charge >= 0.3 is 0 Å². The van der Waals surface area contributed by atoms with Crippen molar-refractivity contribution in [3.05, 3.63) is 53.6 Å². The first-order valence-corrected chi connectivity index (χ1v) is 7.91. The van der Waals surface area contributed by atoms with E-state index in [-0.39, 0.29) is 11.4 Å². The normalized spacial score (nSPS) is 12.2. The lowest BCUT2D eigenvalue weighted by Gasteiger charge is -2.34. The van der Waals surface area contributed by atoms with Crippen molar-refractivity contribution in [2.75, 3.05) is 0 Å². The number of aryl methyl sites for hydroxylation is 1. The minimum absolute atomic E-state index is 0.127. The molecule has 0 aliphatic carbocycles. The average Bonchev–Trinajstić information content (AvgIpc) is 2.94. The lowest BCUT2D eigenvalue weighted by atomic mass is 10.0. The van der Waals surface area contributed by atoms with Gasteiger partial charge in [-0.3, -0.25) is 9.88 Å². The van der Waals surface area contributed by atoms with Crippen LogP contribution in [0.2, 0.25) is 0 Å². The van der Waals surface area contributed by atoms with Gasteiger partial charge in [-0.05, 0) is 44.5 Å². The third kappa shape index (κ3) is 3.43. The van der Waals surface area contributed by atoms with E-state index < -0.39 is 0 Å². The molecular weight excluding hydrogens is 307 g/mol. The van der Waals surface area contributed by atoms with E-state index in [2.05, 4.69) is 40.9 Å². The fourth-order valence-electron chi connectivity index (χ4n) is 2.62. The summed E-state index contributed by atoms with van der Waals surface area (Å²) in [5.41, 5.74) is 1.53. The summed E-state index contributed by atoms with van der Waals surface area (Å²) in [4.78, 5) is 6.58. The summed E-state index contributed by atoms with van der Waals surface area (Å²) >= 11 is 0. The van der Waals surface area contributed by atoms with Crippen LogP contribution in [-0.2, 0) is 13.1 Å². The Bertz CT molecular complexity index is 854. The molecule has 126 valence electrons. The van der Waals surface area contributed by atoms with Crippen molar-refractivity contribution in [1.29, 1.82) is 0 Å². The molecule has 1 aromatic carbocycles. The number of hydrogen-bond donors (Lipinski definition) is 0. The number of pyridine rings is 1. The summed E-state index contributed by atoms with van der Waals surface area (Å²) in [7, 11) is 0. The van der Waals surface area contributed by atoms with Crippen LogP contribution < -0.4 is 0 Å². The smallest absolute Gasteiger partial charge is 0.230 e. The van der Waals surface area contributed by atoms with Crippen LogP contribution in [0, 0.1) is 12.7 Å². The molecule has 0 spiro atoms. The zero-order valence-electron chi connectivity index (χ0n) is 14.4. The fourth-order valence-corrected chi connectivity index (χ4v) is 2.62. The van der Waals surface area contributed by atoms with Gasteiger partial charge in [-0.1, -0.05) is 6.07 Å². The summed E-state index contributed by atoms with van der Waals surface area (Å²) in [5, 5.41) is 8.51. The first-order valence-electron chi connectivity index (χ1n) is 7.91. The Labute approximate surface area is 140 Å². The number of halogens is 1. The first-order chi connectivity index (χ1) is 11.3. The number of rotatable bonds is 4. The van der Waals surface area contributed by atoms with E-state index in [1.165, 1.54) is 6.07 Å². The molecular formula is C18H21FN4O. The SMILES string of the molecule is Cc1nnc(CN(Cc2ccc(F)c3cccnc23)C(C)(C)C)o1. The van der Waals surface area contributed by atoms with Crippen LogP contribution in [0.25, 0.3) is 10.9 Å². The van der Waals surface area contributed by atoms with Gasteiger partial charge in [-0.25, -0.2) is 4.39 Å². The van der Waals surface area contributed by atoms with Gasteiger partial charge in [0.25, 0.3) is 0 Å². The molecule has 0 unspecified atom stereocenters. The van der Waals surface area contributed by atoms with Gasteiger partial charge in [0.2, 0.25) is 11.8 Å². The average molecular weight is 328 g/mol. The Hall–Kier alpha value is -2.34. The van der Waals surface area contributed by atoms with Crippen LogP contribution in [0.4, 0.5) is 4.39 Å². The molecule has 2 heterocycles. The van der Waals surface area contributed by atoms with Gasteiger partial charge in [0.1, 0.15) is 5.82 Å². The molecule has 0 saturated heterocycles. The van der Waals surface area contributed by atoms with Crippen LogP contribution in [0.1, 0.15) is 38.1 Å². The highest BCUT2D eigenvalue weighted by Crippen LogP contribution is 2.25. The molecule has 0 aliphatic heterocycles. The molecule has 3 aromatic rings. The van der Waals surface area contributed by atoms with Crippen molar-refractivity contribution >= 4 is 10.9 Å². The Morgan fingerprint density at radius 2 is 1.92 bits per heavy atom. The molecule has 2 aromatic heterocycles. The summed E-state index contributed by atoms with van der Waals surface area (Å²) in [6, 6.07) is 6.79. The molecule has 0 atom stereocenters. The molecule has 3 rings (SSSR count). The zero-order valence-corrected chi connectivity index (χ0v) is 14.4. The van der Waals surface area contributed by atoms with Crippen LogP contribution >= 0.6 is 0 Å². The van der Waals surface area contributed by atoms with Crippen molar-refractivity contribution in [3.63, 3.8) is 0 Å². The van der Waals surface area contributed by atoms with Crippen LogP contribution in [0.3, 0.4) is 0 Å². The van der Waals surface area contributed by atoms with Crippen molar-refractivity contribution in [2.24, 2.45) is 0 Å². The molecule has 0 fully saturated rings. The molecule has 0 saturated carbocycles. The summed E-state index contributed by atoms with van der Waals surface area (Å²) < 4.78 is 19.5. The van der Waals surface area contributed by atoms with E-state index in [1.807, 2.05) is 0 Å². The minimum Gasteiger partial charge on any atom is -0.424 e. The Balaban J connectivity index is 1.95. The third-order valence-corrected chi connectivity index (χ3v) is 4.00. The van der Waals surface area contributed by atoms with Gasteiger partial charge in [0.15, 0.2) is 0 Å². The van der Waals surface area contributed by atoms with E-state index in [0.717, 1.165) is 5.56 Å². The highest BCUT2D eigenvalue weighted by atomic mass is 19.1. The van der Waals surface area contributed by atoms with E-state index in [1.54, 1.807) is 31.3 Å². The lowest BCUT2D eigenvalue weighted by molar-refractivity contribution is 0.106. The molecule has 24 heavy (non-hydrogen) atoms. The third-order valence-electron chi connectivity index (χ3n) is 4.00. The Morgan fingerprint density at radius 1 is 1.12 bits per heavy atom. The lowest BCUT2D eigenvalue weighted by Crippen LogP contribution is -2.40. The zero-order chi connectivity index (χ0) is 17.3. The largest absolute Gasteiger partial charge is 0.424 e. The van der Waals surface area contributed by atoms with Crippen molar-refractivity contribution in [2.45, 2.75) is 46.3 Å². The highest BCUT2D eigenvalue weighted by Gasteiger charge is 2.24. The van der Waals surface area contributed by atoms with Crippen LogP contribution in [0.15, 0.2) is 34.9 Å². The van der Waals surface area contributed by atoms with Gasteiger partial charge < -0.3 is 4.42 Å². The molecule has 0 N–H and O–H groups in total. The van der Waals surface area contributed by atoms with Gasteiger partial charge in [-0.15, -0.1) is 10.2 Å². The number of hydrogen-bond acceptors (Lipinski definition) is 5. The first kappa shape index (κ1) is 16.5. The predicted molar refractivity (Wildman–Crippen MR) is 89.7 cm³/mol. The highest BCUT2D eigenvalue weighted by molar-refractivity contribution is 5.82. The summed E-state index contributed by atoms with van der Waals surface area (Å²) in [5.74, 6) is 0.867. The van der Waals surface area contributed by atoms with E-state index >= 15 is 0 Å². The predicted octanol–water partition coefficient (Wildman–Crippen LogP) is 3.87. The maximum absolute atomic E-state index is 14.0. The van der Waals surface area contributed by atoms with Crippen molar-refractivity contribution in [3.8, 4) is 0 Å². The molecule has 0 bridgehead atoms. The maximum atomic E-state index is 14.0. The number of aromatic nitrogens is 3. The monoisotopic (exact) mass is 328 g/mol. The van der Waals surface area contributed by atoms with Crippen molar-refractivity contribution < 1.29 is 8.81 Å². The van der Waals surface area contributed by atoms with Crippen LogP contribution in [0.5, 0.6) is 0 Å². The van der Waals surface area contributed by atoms with E-state index in [4.69, 9.17) is 4.42 Å². The summed E-state index contributed by atoms with van der Waals surface area (Å²) in [6.07, 6.45) is 1.69. The van der Waals surface area contributed by atoms with E-state index in [9.17, 15) is 4.39 Å². The van der Waals surface area contributed by atoms with Gasteiger partial charge in [0, 0.05) is 30.6 Å². The number of fused-ring (bicyclic) bond motifs is 1. The molecule has 5 nitrogen and oxygen atoms in total. The Morgan fingerprint density at radius 3 is 2.58 bits per heavy atom. The molecule has 0 radical (unpaired) electrons. The maximum Gasteiger partial charge on any atom is 0.230 e.